The Morgan fingerprint density at radius 1 is 1.30 bits per heavy atom. The Balaban J connectivity index is 1.88. The molecule has 0 bridgehead atoms. The average molecular weight is 456 g/mol. The highest BCUT2D eigenvalue weighted by molar-refractivity contribution is 9.10. The highest BCUT2D eigenvalue weighted by atomic mass is 79.9. The first-order valence-electron chi connectivity index (χ1n) is 7.58. The van der Waals surface area contributed by atoms with Crippen molar-refractivity contribution in [1.29, 1.82) is 0 Å². The van der Waals surface area contributed by atoms with Crippen molar-refractivity contribution in [2.45, 2.75) is 18.4 Å². The maximum Gasteiger partial charge on any atom is 0.309 e. The van der Waals surface area contributed by atoms with Crippen molar-refractivity contribution >= 4 is 50.9 Å². The number of nitrogens with two attached hydrogens (primary N) is 1. The Morgan fingerprint density at radius 2 is 2.00 bits per heavy atom. The van der Waals surface area contributed by atoms with E-state index in [1.807, 2.05) is 0 Å². The van der Waals surface area contributed by atoms with E-state index in [0.29, 0.717) is 4.60 Å². The quantitative estimate of drug-likeness (QED) is 0.183. The van der Waals surface area contributed by atoms with E-state index in [4.69, 9.17) is 17.4 Å². The van der Waals surface area contributed by atoms with Crippen molar-refractivity contribution in [2.75, 3.05) is 0 Å². The van der Waals surface area contributed by atoms with E-state index in [9.17, 15) is 19.2 Å². The monoisotopic (exact) mass is 454 g/mol. The number of carbonyl (C=O) groups excluding carboxylic acids is 4. The molecule has 0 unspecified atom stereocenters. The molecule has 2 aromatic rings. The predicted molar refractivity (Wildman–Crippen MR) is 95.8 cm³/mol. The van der Waals surface area contributed by atoms with Crippen LogP contribution in [0.25, 0.3) is 5.82 Å². The van der Waals surface area contributed by atoms with Gasteiger partial charge < -0.3 is 5.32 Å². The molecule has 0 radical (unpaired) electrons. The SMILES string of the molecule is NNC(=O)C(=O)C(=O)C1(NC(=O)c2cc(Br)nn2-c2ncccc2Cl)CC1. The molecule has 12 heteroatoms. The number of Topliss-reactive ketones (excluding diaryl/α,β-unsaturated/α-hetero) is 2. The fourth-order valence-corrected chi connectivity index (χ4v) is 2.99. The summed E-state index contributed by atoms with van der Waals surface area (Å²) in [6, 6.07) is 4.61. The van der Waals surface area contributed by atoms with Crippen LogP contribution in [0.3, 0.4) is 0 Å². The molecule has 2 heterocycles. The highest BCUT2D eigenvalue weighted by Crippen LogP contribution is 2.37. The van der Waals surface area contributed by atoms with Gasteiger partial charge in [0.1, 0.15) is 15.8 Å². The Morgan fingerprint density at radius 3 is 2.59 bits per heavy atom. The smallest absolute Gasteiger partial charge is 0.309 e. The van der Waals surface area contributed by atoms with Crippen molar-refractivity contribution < 1.29 is 19.2 Å². The first-order valence-corrected chi connectivity index (χ1v) is 8.75. The van der Waals surface area contributed by atoms with Crippen LogP contribution in [0, 0.1) is 0 Å². The summed E-state index contributed by atoms with van der Waals surface area (Å²) < 4.78 is 1.54. The van der Waals surface area contributed by atoms with Crippen molar-refractivity contribution in [3.63, 3.8) is 0 Å². The Hall–Kier alpha value is -2.63. The zero-order valence-electron chi connectivity index (χ0n) is 13.5. The molecule has 2 amide bonds. The molecule has 0 saturated heterocycles. The second-order valence-corrected chi connectivity index (χ2v) is 6.96. The third-order valence-electron chi connectivity index (χ3n) is 3.93. The zero-order valence-corrected chi connectivity index (χ0v) is 15.9. The average Bonchev–Trinajstić information content (AvgIpc) is 3.33. The Kier molecular flexibility index (Phi) is 5.09. The summed E-state index contributed by atoms with van der Waals surface area (Å²) in [6.45, 7) is 0. The van der Waals surface area contributed by atoms with Gasteiger partial charge in [0.25, 0.3) is 11.7 Å². The van der Waals surface area contributed by atoms with Crippen LogP contribution >= 0.6 is 27.5 Å². The maximum absolute atomic E-state index is 12.7. The van der Waals surface area contributed by atoms with Crippen LogP contribution in [0.5, 0.6) is 0 Å². The molecule has 4 N–H and O–H groups in total. The number of nitrogens with zero attached hydrogens (tertiary/aromatic N) is 3. The maximum atomic E-state index is 12.7. The van der Waals surface area contributed by atoms with E-state index in [-0.39, 0.29) is 29.4 Å². The first kappa shape index (κ1) is 19.1. The van der Waals surface area contributed by atoms with E-state index >= 15 is 0 Å². The number of halogens is 2. The fourth-order valence-electron chi connectivity index (χ4n) is 2.41. The summed E-state index contributed by atoms with van der Waals surface area (Å²) in [5.74, 6) is 0.814. The molecule has 0 aliphatic heterocycles. The molecule has 2 aromatic heterocycles. The van der Waals surface area contributed by atoms with Crippen LogP contribution in [-0.4, -0.2) is 43.7 Å². The van der Waals surface area contributed by atoms with Crippen LogP contribution in [0.4, 0.5) is 0 Å². The molecule has 1 aliphatic rings. The van der Waals surface area contributed by atoms with Gasteiger partial charge >= 0.3 is 5.91 Å². The van der Waals surface area contributed by atoms with Gasteiger partial charge in [-0.15, -0.1) is 0 Å². The topological polar surface area (TPSA) is 149 Å². The number of ketones is 2. The van der Waals surface area contributed by atoms with Gasteiger partial charge in [-0.3, -0.25) is 24.6 Å². The van der Waals surface area contributed by atoms with Crippen molar-refractivity contribution in [1.82, 2.24) is 25.5 Å². The number of hydrazine groups is 1. The molecular weight excluding hydrogens is 444 g/mol. The number of hydrogen-bond donors (Lipinski definition) is 3. The number of nitrogens with one attached hydrogen (secondary N) is 2. The minimum atomic E-state index is -1.43. The van der Waals surface area contributed by atoms with Gasteiger partial charge in [0.15, 0.2) is 5.82 Å². The van der Waals surface area contributed by atoms with Crippen LogP contribution < -0.4 is 16.6 Å². The van der Waals surface area contributed by atoms with Crippen molar-refractivity contribution in [2.24, 2.45) is 5.84 Å². The summed E-state index contributed by atoms with van der Waals surface area (Å²) in [5, 5.41) is 6.89. The van der Waals surface area contributed by atoms with Gasteiger partial charge in [0.05, 0.1) is 5.02 Å². The standard InChI is InChI=1S/C15H12BrClN6O4/c16-9-6-8(23(22-9)12-7(17)2-1-5-19-12)13(26)20-15(3-4-15)11(25)10(24)14(27)21-18/h1-2,5-6H,3-4,18H2,(H,20,26)(H,21,27). The largest absolute Gasteiger partial charge is 0.338 e. The molecule has 140 valence electrons. The Bertz CT molecular complexity index is 971. The molecule has 3 rings (SSSR count). The second-order valence-electron chi connectivity index (χ2n) is 5.74. The summed E-state index contributed by atoms with van der Waals surface area (Å²) in [5.41, 5.74) is 0.210. The molecule has 0 atom stereocenters. The molecule has 27 heavy (non-hydrogen) atoms. The zero-order chi connectivity index (χ0) is 19.8. The molecule has 0 aromatic carbocycles. The Labute approximate surface area is 165 Å². The third kappa shape index (κ3) is 3.61. The van der Waals surface area contributed by atoms with Gasteiger partial charge in [-0.1, -0.05) is 11.6 Å². The molecule has 1 fully saturated rings. The minimum absolute atomic E-state index is 0.0391. The normalized spacial score (nSPS) is 14.3. The van der Waals surface area contributed by atoms with E-state index in [1.165, 1.54) is 16.9 Å². The molecular formula is C15H12BrClN6O4. The van der Waals surface area contributed by atoms with Gasteiger partial charge in [-0.25, -0.2) is 15.5 Å². The number of hydrogen-bond acceptors (Lipinski definition) is 7. The summed E-state index contributed by atoms with van der Waals surface area (Å²) in [4.78, 5) is 52.2. The highest BCUT2D eigenvalue weighted by Gasteiger charge is 2.54. The van der Waals surface area contributed by atoms with Crippen molar-refractivity contribution in [3.05, 3.63) is 39.7 Å². The van der Waals surface area contributed by atoms with E-state index < -0.39 is 28.9 Å². The first-order chi connectivity index (χ1) is 12.8. The third-order valence-corrected chi connectivity index (χ3v) is 4.62. The van der Waals surface area contributed by atoms with Crippen molar-refractivity contribution in [3.8, 4) is 5.82 Å². The van der Waals surface area contributed by atoms with Gasteiger partial charge in [-0.2, -0.15) is 5.10 Å². The lowest BCUT2D eigenvalue weighted by Crippen LogP contribution is -2.51. The molecule has 10 nitrogen and oxygen atoms in total. The molecule has 0 spiro atoms. The van der Waals surface area contributed by atoms with E-state index in [0.717, 1.165) is 0 Å². The number of carbonyl (C=O) groups is 4. The van der Waals surface area contributed by atoms with Crippen LogP contribution in [0.2, 0.25) is 5.02 Å². The lowest BCUT2D eigenvalue weighted by atomic mass is 10.1. The summed E-state index contributed by atoms with van der Waals surface area (Å²) in [6.07, 6.45) is 1.93. The number of rotatable bonds is 6. The lowest BCUT2D eigenvalue weighted by Gasteiger charge is -2.15. The summed E-state index contributed by atoms with van der Waals surface area (Å²) >= 11 is 9.29. The lowest BCUT2D eigenvalue weighted by molar-refractivity contribution is -0.146. The molecule has 1 saturated carbocycles. The van der Waals surface area contributed by atoms with E-state index in [2.05, 4.69) is 31.3 Å². The number of aromatic nitrogens is 3. The number of amides is 2. The fraction of sp³-hybridized carbons (Fsp3) is 0.200. The van der Waals surface area contributed by atoms with Gasteiger partial charge in [0.2, 0.25) is 5.78 Å². The second kappa shape index (κ2) is 7.18. The van der Waals surface area contributed by atoms with Crippen LogP contribution in [-0.2, 0) is 14.4 Å². The van der Waals surface area contributed by atoms with Gasteiger partial charge in [-0.05, 0) is 40.9 Å². The van der Waals surface area contributed by atoms with E-state index in [1.54, 1.807) is 17.6 Å². The number of pyridine rings is 1. The predicted octanol–water partition coefficient (Wildman–Crippen LogP) is 0.0737. The molecule has 1 aliphatic carbocycles. The minimum Gasteiger partial charge on any atom is -0.338 e. The van der Waals surface area contributed by atoms with Crippen LogP contribution in [0.15, 0.2) is 29.0 Å². The van der Waals surface area contributed by atoms with Gasteiger partial charge in [0, 0.05) is 12.3 Å². The van der Waals surface area contributed by atoms with Crippen LogP contribution in [0.1, 0.15) is 23.3 Å². The summed E-state index contributed by atoms with van der Waals surface area (Å²) in [7, 11) is 0.